The maximum atomic E-state index is 11.7. The Morgan fingerprint density at radius 2 is 0.889 bits per heavy atom. The highest BCUT2D eigenvalue weighted by Gasteiger charge is 2.34. The topological polar surface area (TPSA) is 0 Å². The van der Waals surface area contributed by atoms with Crippen LogP contribution in [0, 0.1) is 0 Å². The van der Waals surface area contributed by atoms with Crippen LogP contribution in [0.25, 0.3) is 0 Å². The van der Waals surface area contributed by atoms with Crippen LogP contribution in [-0.4, -0.2) is 33.3 Å². The first-order valence-corrected chi connectivity index (χ1v) is 5.31. The van der Waals surface area contributed by atoms with Gasteiger partial charge in [-0.3, -0.25) is 17.6 Å². The third kappa shape index (κ3) is 1.96. The number of halogens is 4. The minimum atomic E-state index is -3.36. The van der Waals surface area contributed by atoms with E-state index in [1.807, 2.05) is 0 Å². The molecule has 56 valence electrons. The molecule has 0 aromatic carbocycles. The molecule has 0 N–H and O–H groups in total. The van der Waals surface area contributed by atoms with E-state index in [4.69, 9.17) is 0 Å². The Morgan fingerprint density at radius 1 is 0.667 bits per heavy atom. The lowest BCUT2D eigenvalue weighted by molar-refractivity contribution is 0.459. The van der Waals surface area contributed by atoms with Crippen molar-refractivity contribution in [3.63, 3.8) is 0 Å². The molecule has 0 amide bonds. The molecule has 0 bridgehead atoms. The Hall–Kier alpha value is -0.0631. The van der Waals surface area contributed by atoms with Gasteiger partial charge in [-0.1, -0.05) is 0 Å². The molecule has 0 fully saturated rings. The Labute approximate surface area is 51.9 Å². The molecular formula is C4H8F4Si. The predicted molar refractivity (Wildman–Crippen MR) is 29.7 cm³/mol. The molecule has 0 radical (unpaired) electrons. The maximum Gasteiger partial charge on any atom is 0.193 e. The van der Waals surface area contributed by atoms with Crippen molar-refractivity contribution >= 4 is 8.07 Å². The van der Waals surface area contributed by atoms with E-state index in [0.717, 1.165) is 0 Å². The molecule has 0 aliphatic carbocycles. The summed E-state index contributed by atoms with van der Waals surface area (Å²) in [5.74, 6) is 0. The second kappa shape index (κ2) is 3.87. The van der Waals surface area contributed by atoms with Crippen molar-refractivity contribution in [1.29, 1.82) is 0 Å². The summed E-state index contributed by atoms with van der Waals surface area (Å²) in [6.07, 6.45) is -4.57. The van der Waals surface area contributed by atoms with E-state index in [9.17, 15) is 17.6 Å². The normalized spacial score (nSPS) is 12.0. The SMILES string of the molecule is FC[Si](CF)(CF)CF. The highest BCUT2D eigenvalue weighted by atomic mass is 28.3. The molecule has 0 spiro atoms. The highest BCUT2D eigenvalue weighted by Crippen LogP contribution is 2.06. The van der Waals surface area contributed by atoms with Gasteiger partial charge >= 0.3 is 0 Å². The fourth-order valence-corrected chi connectivity index (χ4v) is 0.643. The zero-order valence-corrected chi connectivity index (χ0v) is 5.84. The smallest absolute Gasteiger partial charge is 0.193 e. The number of hydrogen-bond acceptors (Lipinski definition) is 0. The van der Waals surface area contributed by atoms with E-state index in [-0.39, 0.29) is 0 Å². The van der Waals surface area contributed by atoms with Crippen molar-refractivity contribution < 1.29 is 17.6 Å². The summed E-state index contributed by atoms with van der Waals surface area (Å²) < 4.78 is 46.6. The first-order valence-electron chi connectivity index (χ1n) is 2.48. The average Bonchev–Trinajstić information content (AvgIpc) is 1.95. The van der Waals surface area contributed by atoms with Crippen LogP contribution < -0.4 is 0 Å². The van der Waals surface area contributed by atoms with Crippen LogP contribution in [0.3, 0.4) is 0 Å². The predicted octanol–water partition coefficient (Wildman–Crippen LogP) is 1.47. The van der Waals surface area contributed by atoms with Gasteiger partial charge in [-0.2, -0.15) is 0 Å². The summed E-state index contributed by atoms with van der Waals surface area (Å²) >= 11 is 0. The van der Waals surface area contributed by atoms with Gasteiger partial charge in [0.15, 0.2) is 8.07 Å². The van der Waals surface area contributed by atoms with Crippen LogP contribution in [0.2, 0.25) is 0 Å². The van der Waals surface area contributed by atoms with Crippen molar-refractivity contribution in [2.75, 3.05) is 25.2 Å². The van der Waals surface area contributed by atoms with Crippen LogP contribution in [0.5, 0.6) is 0 Å². The van der Waals surface area contributed by atoms with E-state index in [1.165, 1.54) is 0 Å². The summed E-state index contributed by atoms with van der Waals surface area (Å²) in [6.45, 7) is 0. The number of hydrogen-bond donors (Lipinski definition) is 0. The molecule has 0 aliphatic rings. The van der Waals surface area contributed by atoms with Gasteiger partial charge in [0.1, 0.15) is 0 Å². The molecule has 9 heavy (non-hydrogen) atoms. The molecule has 0 saturated heterocycles. The minimum absolute atomic E-state index is 1.14. The highest BCUT2D eigenvalue weighted by molar-refractivity contribution is 6.79. The third-order valence-corrected chi connectivity index (χ3v) is 3.40. The van der Waals surface area contributed by atoms with Crippen molar-refractivity contribution in [3.05, 3.63) is 0 Å². The second-order valence-electron chi connectivity index (χ2n) is 2.03. The summed E-state index contributed by atoms with van der Waals surface area (Å²) in [7, 11) is -3.36. The Kier molecular flexibility index (Phi) is 3.84. The van der Waals surface area contributed by atoms with E-state index in [0.29, 0.717) is 0 Å². The van der Waals surface area contributed by atoms with Gasteiger partial charge in [-0.25, -0.2) is 0 Å². The van der Waals surface area contributed by atoms with Gasteiger partial charge in [0.25, 0.3) is 0 Å². The fourth-order valence-electron chi connectivity index (χ4n) is 0.214. The van der Waals surface area contributed by atoms with Gasteiger partial charge in [0.2, 0.25) is 0 Å². The third-order valence-electron chi connectivity index (χ3n) is 1.13. The lowest BCUT2D eigenvalue weighted by atomic mass is 11.6. The second-order valence-corrected chi connectivity index (χ2v) is 6.10. The van der Waals surface area contributed by atoms with Crippen LogP contribution >= 0.6 is 0 Å². The standard InChI is InChI=1S/C4H8F4Si/c5-1-9(2-6,3-7)4-8/h1-4H2. The molecule has 0 atom stereocenters. The summed E-state index contributed by atoms with van der Waals surface area (Å²) in [4.78, 5) is 0. The van der Waals surface area contributed by atoms with Gasteiger partial charge in [0, 0.05) is 0 Å². The van der Waals surface area contributed by atoms with Gasteiger partial charge in [-0.05, 0) is 0 Å². The molecule has 0 rings (SSSR count). The maximum absolute atomic E-state index is 11.7. The Balaban J connectivity index is 3.82. The van der Waals surface area contributed by atoms with Gasteiger partial charge < -0.3 is 0 Å². The zero-order chi connectivity index (χ0) is 7.33. The van der Waals surface area contributed by atoms with E-state index >= 15 is 0 Å². The van der Waals surface area contributed by atoms with Gasteiger partial charge in [-0.15, -0.1) is 0 Å². The number of alkyl halides is 4. The van der Waals surface area contributed by atoms with Crippen LogP contribution in [-0.2, 0) is 0 Å². The molecule has 0 unspecified atom stereocenters. The van der Waals surface area contributed by atoms with Crippen LogP contribution in [0.15, 0.2) is 0 Å². The summed E-state index contributed by atoms with van der Waals surface area (Å²) in [5, 5.41) is 0. The monoisotopic (exact) mass is 160 g/mol. The molecule has 0 nitrogen and oxygen atoms in total. The first kappa shape index (κ1) is 8.94. The minimum Gasteiger partial charge on any atom is -0.255 e. The zero-order valence-electron chi connectivity index (χ0n) is 4.84. The quantitative estimate of drug-likeness (QED) is 0.431. The van der Waals surface area contributed by atoms with Crippen LogP contribution in [0.1, 0.15) is 0 Å². The van der Waals surface area contributed by atoms with E-state index in [1.54, 1.807) is 0 Å². The van der Waals surface area contributed by atoms with E-state index < -0.39 is 33.3 Å². The molecule has 0 aliphatic heterocycles. The molecular weight excluding hydrogens is 152 g/mol. The lowest BCUT2D eigenvalue weighted by Crippen LogP contribution is -2.47. The first-order chi connectivity index (χ1) is 4.24. The van der Waals surface area contributed by atoms with Crippen molar-refractivity contribution in [1.82, 2.24) is 0 Å². The summed E-state index contributed by atoms with van der Waals surface area (Å²) in [6, 6.07) is 0. The molecule has 0 heterocycles. The summed E-state index contributed by atoms with van der Waals surface area (Å²) in [5.41, 5.74) is 0. The Morgan fingerprint density at radius 3 is 0.889 bits per heavy atom. The van der Waals surface area contributed by atoms with Crippen molar-refractivity contribution in [3.8, 4) is 0 Å². The number of rotatable bonds is 4. The molecule has 0 saturated carbocycles. The van der Waals surface area contributed by atoms with Crippen molar-refractivity contribution in [2.24, 2.45) is 0 Å². The van der Waals surface area contributed by atoms with Gasteiger partial charge in [0.05, 0.1) is 25.2 Å². The van der Waals surface area contributed by atoms with Crippen molar-refractivity contribution in [2.45, 2.75) is 0 Å². The molecule has 5 heteroatoms. The van der Waals surface area contributed by atoms with E-state index in [2.05, 4.69) is 0 Å². The lowest BCUT2D eigenvalue weighted by Gasteiger charge is -2.15. The Bertz CT molecular complexity index is 55.5. The average molecular weight is 160 g/mol. The fraction of sp³-hybridized carbons (Fsp3) is 1.00. The molecule has 0 aromatic rings. The van der Waals surface area contributed by atoms with Crippen LogP contribution in [0.4, 0.5) is 17.6 Å². The largest absolute Gasteiger partial charge is 0.255 e. The molecule has 0 aromatic heterocycles.